The Bertz CT molecular complexity index is 1190. The van der Waals surface area contributed by atoms with Crippen LogP contribution in [0.1, 0.15) is 69.2 Å². The van der Waals surface area contributed by atoms with Gasteiger partial charge in [0.05, 0.1) is 18.5 Å². The first-order valence-electron chi connectivity index (χ1n) is 14.4. The van der Waals surface area contributed by atoms with Gasteiger partial charge in [-0.1, -0.05) is 19.8 Å². The molecule has 1 atom stereocenters. The van der Waals surface area contributed by atoms with E-state index in [9.17, 15) is 9.59 Å². The van der Waals surface area contributed by atoms with Crippen LogP contribution in [-0.4, -0.2) is 78.6 Å². The number of ether oxygens (including phenoxy) is 1. The topological polar surface area (TPSA) is 103 Å². The summed E-state index contributed by atoms with van der Waals surface area (Å²) in [4.78, 5) is 41.8. The molecule has 3 heterocycles. The number of carbonyl (C=O) groups excluding carboxylic acids is 2. The molecular formula is C29H41N7O3. The fourth-order valence-electron chi connectivity index (χ4n) is 6.03. The molecule has 2 N–H and O–H groups in total. The minimum Gasteiger partial charge on any atom is -0.492 e. The van der Waals surface area contributed by atoms with Gasteiger partial charge in [-0.25, -0.2) is 4.98 Å². The van der Waals surface area contributed by atoms with Gasteiger partial charge in [0.25, 0.3) is 5.91 Å². The maximum Gasteiger partial charge on any atom is 0.251 e. The predicted octanol–water partition coefficient (Wildman–Crippen LogP) is 3.95. The highest BCUT2D eigenvalue weighted by atomic mass is 16.5. The number of amides is 2. The van der Waals surface area contributed by atoms with Gasteiger partial charge in [-0.15, -0.1) is 0 Å². The second-order valence-electron chi connectivity index (χ2n) is 10.9. The standard InChI is InChI=1S/C29H41N7O3/c1-5-23-28(38)35(4)24-18-30-29(33-26(24)36(23)21-9-7-8-10-21)32-22-12-11-19(17-25(22)39-6-2)27(37)31-20-13-15-34(3)16-14-20/h11-12,17-18,20-21,23H,5-10,13-16H2,1-4H3,(H,31,37)(H,30,32,33)/t23-/m0/s1. The number of anilines is 4. The van der Waals surface area contributed by atoms with E-state index in [2.05, 4.69) is 39.4 Å². The van der Waals surface area contributed by atoms with E-state index in [-0.39, 0.29) is 23.9 Å². The lowest BCUT2D eigenvalue weighted by molar-refractivity contribution is -0.120. The molecular weight excluding hydrogens is 494 g/mol. The number of fused-ring (bicyclic) bond motifs is 1. The molecule has 2 aliphatic heterocycles. The van der Waals surface area contributed by atoms with Crippen LogP contribution in [0.5, 0.6) is 5.75 Å². The number of likely N-dealkylation sites (tertiary alicyclic amines) is 1. The summed E-state index contributed by atoms with van der Waals surface area (Å²) in [6.45, 7) is 6.41. The molecule has 2 fully saturated rings. The summed E-state index contributed by atoms with van der Waals surface area (Å²) < 4.78 is 5.92. The van der Waals surface area contributed by atoms with E-state index in [1.165, 1.54) is 12.8 Å². The first-order valence-corrected chi connectivity index (χ1v) is 14.4. The summed E-state index contributed by atoms with van der Waals surface area (Å²) in [7, 11) is 3.91. The van der Waals surface area contributed by atoms with Crippen LogP contribution in [0, 0.1) is 0 Å². The summed E-state index contributed by atoms with van der Waals surface area (Å²) in [6, 6.07) is 5.68. The molecule has 1 aromatic carbocycles. The van der Waals surface area contributed by atoms with Gasteiger partial charge in [0.15, 0.2) is 5.82 Å². The molecule has 1 aromatic heterocycles. The highest BCUT2D eigenvalue weighted by molar-refractivity contribution is 6.04. The van der Waals surface area contributed by atoms with Crippen LogP contribution >= 0.6 is 0 Å². The number of carbonyl (C=O) groups is 2. The lowest BCUT2D eigenvalue weighted by Crippen LogP contribution is -2.55. The molecule has 1 saturated heterocycles. The zero-order chi connectivity index (χ0) is 27.5. The minimum atomic E-state index is -0.227. The number of piperidine rings is 1. The molecule has 2 amide bonds. The van der Waals surface area contributed by atoms with E-state index in [4.69, 9.17) is 9.72 Å². The Labute approximate surface area is 231 Å². The molecule has 10 nitrogen and oxygen atoms in total. The molecule has 2 aromatic rings. The number of nitrogens with one attached hydrogen (secondary N) is 2. The normalized spacial score (nSPS) is 20.7. The summed E-state index contributed by atoms with van der Waals surface area (Å²) in [5.41, 5.74) is 1.98. The lowest BCUT2D eigenvalue weighted by Gasteiger charge is -2.43. The van der Waals surface area contributed by atoms with Crippen LogP contribution in [0.3, 0.4) is 0 Å². The Morgan fingerprint density at radius 2 is 1.85 bits per heavy atom. The zero-order valence-electron chi connectivity index (χ0n) is 23.6. The molecule has 0 bridgehead atoms. The van der Waals surface area contributed by atoms with Crippen molar-refractivity contribution < 1.29 is 14.3 Å². The number of hydrogen-bond acceptors (Lipinski definition) is 8. The molecule has 3 aliphatic rings. The average Bonchev–Trinajstić information content (AvgIpc) is 3.47. The minimum absolute atomic E-state index is 0.0902. The quantitative estimate of drug-likeness (QED) is 0.524. The van der Waals surface area contributed by atoms with Crippen molar-refractivity contribution in [1.29, 1.82) is 0 Å². The van der Waals surface area contributed by atoms with Crippen molar-refractivity contribution in [1.82, 2.24) is 20.2 Å². The Balaban J connectivity index is 1.39. The molecule has 0 radical (unpaired) electrons. The number of benzene rings is 1. The first-order chi connectivity index (χ1) is 18.9. The largest absolute Gasteiger partial charge is 0.492 e. The van der Waals surface area contributed by atoms with Crippen molar-refractivity contribution in [3.05, 3.63) is 30.0 Å². The van der Waals surface area contributed by atoms with Crippen molar-refractivity contribution in [2.24, 2.45) is 0 Å². The number of nitrogens with zero attached hydrogens (tertiary/aromatic N) is 5. The number of rotatable bonds is 8. The maximum absolute atomic E-state index is 13.2. The fourth-order valence-corrected chi connectivity index (χ4v) is 6.03. The van der Waals surface area contributed by atoms with Crippen molar-refractivity contribution in [3.63, 3.8) is 0 Å². The van der Waals surface area contributed by atoms with Crippen molar-refractivity contribution in [2.45, 2.75) is 76.9 Å². The van der Waals surface area contributed by atoms with E-state index < -0.39 is 0 Å². The predicted molar refractivity (Wildman–Crippen MR) is 153 cm³/mol. The van der Waals surface area contributed by atoms with Gasteiger partial charge in [-0.05, 0) is 77.4 Å². The van der Waals surface area contributed by atoms with E-state index in [0.29, 0.717) is 35.6 Å². The third-order valence-corrected chi connectivity index (χ3v) is 8.26. The molecule has 210 valence electrons. The smallest absolute Gasteiger partial charge is 0.251 e. The van der Waals surface area contributed by atoms with Crippen LogP contribution in [0.4, 0.5) is 23.1 Å². The summed E-state index contributed by atoms with van der Waals surface area (Å²) in [5, 5.41) is 6.49. The molecule has 1 saturated carbocycles. The third kappa shape index (κ3) is 5.66. The first kappa shape index (κ1) is 27.2. The Hall–Kier alpha value is -3.40. The molecule has 39 heavy (non-hydrogen) atoms. The molecule has 5 rings (SSSR count). The van der Waals surface area contributed by atoms with Crippen LogP contribution in [0.15, 0.2) is 24.4 Å². The number of likely N-dealkylation sites (N-methyl/N-ethyl adjacent to an activating group) is 1. The second kappa shape index (κ2) is 11.8. The van der Waals surface area contributed by atoms with Crippen LogP contribution in [0.2, 0.25) is 0 Å². The SMILES string of the molecule is CCOc1cc(C(=O)NC2CCN(C)CC2)ccc1Nc1ncc2c(n1)N(C1CCCC1)[C@@H](CC)C(=O)N2C. The molecule has 1 aliphatic carbocycles. The summed E-state index contributed by atoms with van der Waals surface area (Å²) in [6.07, 6.45) is 8.82. The van der Waals surface area contributed by atoms with E-state index in [0.717, 1.165) is 56.7 Å². The monoisotopic (exact) mass is 535 g/mol. The summed E-state index contributed by atoms with van der Waals surface area (Å²) in [5.74, 6) is 1.79. The van der Waals surface area contributed by atoms with Crippen molar-refractivity contribution in [3.8, 4) is 5.75 Å². The number of hydrogen-bond donors (Lipinski definition) is 2. The van der Waals surface area contributed by atoms with Gasteiger partial charge in [0, 0.05) is 24.7 Å². The molecule has 0 spiro atoms. The highest BCUT2D eigenvalue weighted by Crippen LogP contribution is 2.40. The second-order valence-corrected chi connectivity index (χ2v) is 10.9. The van der Waals surface area contributed by atoms with Crippen molar-refractivity contribution >= 4 is 35.0 Å². The maximum atomic E-state index is 13.2. The third-order valence-electron chi connectivity index (χ3n) is 8.26. The zero-order valence-corrected chi connectivity index (χ0v) is 23.6. The van der Waals surface area contributed by atoms with Gasteiger partial charge in [-0.2, -0.15) is 4.98 Å². The average molecular weight is 536 g/mol. The Kier molecular flexibility index (Phi) is 8.20. The molecule has 0 unspecified atom stereocenters. The van der Waals surface area contributed by atoms with Gasteiger partial charge < -0.3 is 30.1 Å². The van der Waals surface area contributed by atoms with Gasteiger partial charge >= 0.3 is 0 Å². The lowest BCUT2D eigenvalue weighted by atomic mass is 10.0. The molecule has 10 heteroatoms. The van der Waals surface area contributed by atoms with E-state index >= 15 is 0 Å². The number of aromatic nitrogens is 2. The van der Waals surface area contributed by atoms with E-state index in [1.807, 2.05) is 13.0 Å². The van der Waals surface area contributed by atoms with Crippen LogP contribution in [-0.2, 0) is 4.79 Å². The Morgan fingerprint density at radius 3 is 2.54 bits per heavy atom. The highest BCUT2D eigenvalue weighted by Gasteiger charge is 2.41. The van der Waals surface area contributed by atoms with Gasteiger partial charge in [0.1, 0.15) is 17.5 Å². The van der Waals surface area contributed by atoms with Gasteiger partial charge in [0.2, 0.25) is 11.9 Å². The van der Waals surface area contributed by atoms with E-state index in [1.54, 1.807) is 30.3 Å². The van der Waals surface area contributed by atoms with Crippen LogP contribution < -0.4 is 25.2 Å². The van der Waals surface area contributed by atoms with Crippen LogP contribution in [0.25, 0.3) is 0 Å². The fraction of sp³-hybridized carbons (Fsp3) is 0.586. The van der Waals surface area contributed by atoms with Gasteiger partial charge in [-0.3, -0.25) is 9.59 Å². The Morgan fingerprint density at radius 1 is 1.10 bits per heavy atom. The summed E-state index contributed by atoms with van der Waals surface area (Å²) >= 11 is 0. The van der Waals surface area contributed by atoms with Crippen molar-refractivity contribution in [2.75, 3.05) is 48.9 Å².